The molecule has 0 heterocycles. The fraction of sp³-hybridized carbons (Fsp3) is 0. The summed E-state index contributed by atoms with van der Waals surface area (Å²) in [4.78, 5) is 2.21. The maximum absolute atomic E-state index is 3.97. The molecule has 0 saturated heterocycles. The molecule has 3 rings (SSSR count). The van der Waals surface area contributed by atoms with Crippen LogP contribution in [-0.4, -0.2) is 0 Å². The smallest absolute Gasteiger partial charge is 0.0540 e. The molecular weight excluding hydrogens is 278 g/mol. The van der Waals surface area contributed by atoms with E-state index in [0.29, 0.717) is 0 Å². The third kappa shape index (κ3) is 2.95. The first-order valence-electron chi connectivity index (χ1n) is 7.63. The Morgan fingerprint density at radius 3 is 2.22 bits per heavy atom. The normalized spacial score (nSPS) is 11.2. The van der Waals surface area contributed by atoms with Crippen LogP contribution in [-0.2, 0) is 0 Å². The van der Waals surface area contributed by atoms with Crippen molar-refractivity contribution in [2.45, 2.75) is 0 Å². The molecule has 3 aromatic carbocycles. The highest BCUT2D eigenvalue weighted by Crippen LogP contribution is 2.35. The first-order valence-corrected chi connectivity index (χ1v) is 7.63. The van der Waals surface area contributed by atoms with E-state index in [0.717, 1.165) is 17.1 Å². The van der Waals surface area contributed by atoms with Gasteiger partial charge in [-0.1, -0.05) is 73.8 Å². The molecule has 0 spiro atoms. The Morgan fingerprint density at radius 1 is 0.783 bits per heavy atom. The van der Waals surface area contributed by atoms with Crippen LogP contribution in [0.5, 0.6) is 0 Å². The summed E-state index contributed by atoms with van der Waals surface area (Å²) in [5.41, 5.74) is 3.21. The van der Waals surface area contributed by atoms with Crippen LogP contribution in [0.2, 0.25) is 0 Å². The number of nitrogens with zero attached hydrogens (tertiary/aromatic N) is 1. The average molecular weight is 297 g/mol. The largest absolute Gasteiger partial charge is 0.310 e. The third-order valence-corrected chi connectivity index (χ3v) is 3.78. The van der Waals surface area contributed by atoms with Crippen molar-refractivity contribution in [2.75, 3.05) is 4.90 Å². The second kappa shape index (κ2) is 6.80. The highest BCUT2D eigenvalue weighted by atomic mass is 15.1. The molecule has 0 amide bonds. The zero-order valence-electron chi connectivity index (χ0n) is 13.0. The Bertz CT molecular complexity index is 854. The standard InChI is InChI=1S/C22H19N/c1-3-11-19(4-2)23(20-14-6-5-7-15-20)22-17-10-13-18-12-8-9-16-21(18)22/h3-17H,1-2H2/b19-11+. The van der Waals surface area contributed by atoms with Crippen LogP contribution in [0.15, 0.2) is 110 Å². The van der Waals surface area contributed by atoms with Crippen LogP contribution in [0.25, 0.3) is 10.8 Å². The zero-order valence-corrected chi connectivity index (χ0v) is 13.0. The average Bonchev–Trinajstić information content (AvgIpc) is 2.62. The second-order valence-electron chi connectivity index (χ2n) is 5.20. The zero-order chi connectivity index (χ0) is 16.1. The van der Waals surface area contributed by atoms with E-state index in [2.05, 4.69) is 72.7 Å². The van der Waals surface area contributed by atoms with Crippen LogP contribution in [0.3, 0.4) is 0 Å². The summed E-state index contributed by atoms with van der Waals surface area (Å²) in [5.74, 6) is 0. The molecule has 112 valence electrons. The molecule has 0 fully saturated rings. The summed E-state index contributed by atoms with van der Waals surface area (Å²) in [6.07, 6.45) is 5.62. The van der Waals surface area contributed by atoms with Gasteiger partial charge in [0, 0.05) is 16.8 Å². The Balaban J connectivity index is 2.28. The van der Waals surface area contributed by atoms with Crippen LogP contribution >= 0.6 is 0 Å². The molecule has 0 aliphatic heterocycles. The van der Waals surface area contributed by atoms with E-state index in [9.17, 15) is 0 Å². The van der Waals surface area contributed by atoms with Crippen molar-refractivity contribution in [1.29, 1.82) is 0 Å². The Kier molecular flexibility index (Phi) is 4.39. The molecule has 0 bridgehead atoms. The molecule has 1 nitrogen and oxygen atoms in total. The van der Waals surface area contributed by atoms with Crippen molar-refractivity contribution in [1.82, 2.24) is 0 Å². The molecule has 0 aromatic heterocycles. The van der Waals surface area contributed by atoms with Crippen LogP contribution in [0, 0.1) is 0 Å². The molecule has 0 saturated carbocycles. The van der Waals surface area contributed by atoms with Gasteiger partial charge in [-0.15, -0.1) is 0 Å². The molecule has 0 atom stereocenters. The molecule has 0 radical (unpaired) electrons. The van der Waals surface area contributed by atoms with Crippen LogP contribution in [0.4, 0.5) is 11.4 Å². The molecule has 0 aliphatic carbocycles. The summed E-state index contributed by atoms with van der Waals surface area (Å²) in [7, 11) is 0. The van der Waals surface area contributed by atoms with E-state index in [1.54, 1.807) is 6.08 Å². The topological polar surface area (TPSA) is 3.24 Å². The highest BCUT2D eigenvalue weighted by Gasteiger charge is 2.14. The van der Waals surface area contributed by atoms with E-state index in [1.165, 1.54) is 10.8 Å². The van der Waals surface area contributed by atoms with Crippen LogP contribution in [0.1, 0.15) is 0 Å². The lowest BCUT2D eigenvalue weighted by atomic mass is 10.1. The minimum absolute atomic E-state index is 0.988. The predicted octanol–water partition coefficient (Wildman–Crippen LogP) is 6.23. The fourth-order valence-electron chi connectivity index (χ4n) is 2.76. The van der Waals surface area contributed by atoms with Crippen molar-refractivity contribution in [3.63, 3.8) is 0 Å². The first-order chi connectivity index (χ1) is 11.3. The van der Waals surface area contributed by atoms with Crippen molar-refractivity contribution in [3.8, 4) is 0 Å². The van der Waals surface area contributed by atoms with Gasteiger partial charge in [-0.05, 0) is 35.7 Å². The van der Waals surface area contributed by atoms with Crippen LogP contribution < -0.4 is 4.90 Å². The molecule has 0 N–H and O–H groups in total. The van der Waals surface area contributed by atoms with Crippen molar-refractivity contribution in [2.24, 2.45) is 0 Å². The molecule has 3 aromatic rings. The van der Waals surface area contributed by atoms with Gasteiger partial charge in [0.1, 0.15) is 0 Å². The van der Waals surface area contributed by atoms with Gasteiger partial charge in [-0.25, -0.2) is 0 Å². The monoisotopic (exact) mass is 297 g/mol. The number of benzene rings is 3. The van der Waals surface area contributed by atoms with Crippen molar-refractivity contribution in [3.05, 3.63) is 110 Å². The van der Waals surface area contributed by atoms with Gasteiger partial charge in [-0.2, -0.15) is 0 Å². The number of anilines is 2. The maximum atomic E-state index is 3.97. The number of rotatable bonds is 5. The molecule has 1 heteroatoms. The Labute approximate surface area is 137 Å². The summed E-state index contributed by atoms with van der Waals surface area (Å²) in [6.45, 7) is 7.80. The van der Waals surface area contributed by atoms with Gasteiger partial charge in [0.05, 0.1) is 5.69 Å². The highest BCUT2D eigenvalue weighted by molar-refractivity contribution is 5.97. The number of allylic oxidation sites excluding steroid dienone is 3. The van der Waals surface area contributed by atoms with E-state index >= 15 is 0 Å². The minimum atomic E-state index is 0.988. The SMILES string of the molecule is C=C/C=C(\C=C)N(c1ccccc1)c1cccc2ccccc12. The van der Waals surface area contributed by atoms with E-state index in [4.69, 9.17) is 0 Å². The molecular formula is C22H19N. The second-order valence-corrected chi connectivity index (χ2v) is 5.20. The number of para-hydroxylation sites is 1. The number of hydrogen-bond donors (Lipinski definition) is 0. The summed E-state index contributed by atoms with van der Waals surface area (Å²) in [5, 5.41) is 2.42. The third-order valence-electron chi connectivity index (χ3n) is 3.78. The fourth-order valence-corrected chi connectivity index (χ4v) is 2.76. The van der Waals surface area contributed by atoms with Crippen molar-refractivity contribution < 1.29 is 0 Å². The van der Waals surface area contributed by atoms with Gasteiger partial charge in [-0.3, -0.25) is 0 Å². The van der Waals surface area contributed by atoms with Crippen molar-refractivity contribution >= 4 is 22.1 Å². The maximum Gasteiger partial charge on any atom is 0.0540 e. The lowest BCUT2D eigenvalue weighted by molar-refractivity contribution is 1.22. The number of fused-ring (bicyclic) bond motifs is 1. The van der Waals surface area contributed by atoms with Gasteiger partial charge in [0.2, 0.25) is 0 Å². The molecule has 0 unspecified atom stereocenters. The molecule has 23 heavy (non-hydrogen) atoms. The predicted molar refractivity (Wildman–Crippen MR) is 101 cm³/mol. The van der Waals surface area contributed by atoms with E-state index < -0.39 is 0 Å². The van der Waals surface area contributed by atoms with Gasteiger partial charge in [0.15, 0.2) is 0 Å². The number of hydrogen-bond acceptors (Lipinski definition) is 1. The summed E-state index contributed by atoms with van der Waals surface area (Å²) >= 11 is 0. The van der Waals surface area contributed by atoms with Gasteiger partial charge < -0.3 is 4.90 Å². The van der Waals surface area contributed by atoms with Gasteiger partial charge >= 0.3 is 0 Å². The first kappa shape index (κ1) is 14.9. The summed E-state index contributed by atoms with van der Waals surface area (Å²) in [6, 6.07) is 25.1. The van der Waals surface area contributed by atoms with E-state index in [-0.39, 0.29) is 0 Å². The lowest BCUT2D eigenvalue weighted by Gasteiger charge is -2.27. The van der Waals surface area contributed by atoms with E-state index in [1.807, 2.05) is 30.4 Å². The molecule has 0 aliphatic rings. The Morgan fingerprint density at radius 2 is 1.48 bits per heavy atom. The van der Waals surface area contributed by atoms with Gasteiger partial charge in [0.25, 0.3) is 0 Å². The summed E-state index contributed by atoms with van der Waals surface area (Å²) < 4.78 is 0. The quantitative estimate of drug-likeness (QED) is 0.504. The Hall–Kier alpha value is -3.06. The minimum Gasteiger partial charge on any atom is -0.310 e. The lowest BCUT2D eigenvalue weighted by Crippen LogP contribution is -2.15.